The third kappa shape index (κ3) is 6.06. The molecule has 0 bridgehead atoms. The third-order valence-corrected chi connectivity index (χ3v) is 3.93. The van der Waals surface area contributed by atoms with E-state index >= 15 is 0 Å². The number of carbonyl (C=O) groups is 1. The van der Waals surface area contributed by atoms with Gasteiger partial charge in [0.2, 0.25) is 0 Å². The lowest BCUT2D eigenvalue weighted by atomic mass is 10.2. The summed E-state index contributed by atoms with van der Waals surface area (Å²) in [6.07, 6.45) is 0. The Morgan fingerprint density at radius 1 is 0.786 bits per heavy atom. The van der Waals surface area contributed by atoms with Gasteiger partial charge in [0.15, 0.2) is 6.61 Å². The lowest BCUT2D eigenvalue weighted by molar-refractivity contribution is -0.118. The Bertz CT molecular complexity index is 896. The summed E-state index contributed by atoms with van der Waals surface area (Å²) in [5.41, 5.74) is 1.64. The molecule has 0 atom stereocenters. The minimum absolute atomic E-state index is 0.0547. The number of hydrogen-bond acceptors (Lipinski definition) is 4. The molecule has 3 aromatic carbocycles. The van der Waals surface area contributed by atoms with Gasteiger partial charge in [0.1, 0.15) is 30.5 Å². The van der Waals surface area contributed by atoms with Gasteiger partial charge < -0.3 is 19.5 Å². The van der Waals surface area contributed by atoms with Crippen molar-refractivity contribution in [1.29, 1.82) is 0 Å². The summed E-state index contributed by atoms with van der Waals surface area (Å²) < 4.78 is 16.8. The Labute approximate surface area is 164 Å². The summed E-state index contributed by atoms with van der Waals surface area (Å²) in [4.78, 5) is 12.1. The molecule has 3 aromatic rings. The van der Waals surface area contributed by atoms with Gasteiger partial charge in [-0.2, -0.15) is 0 Å². The molecule has 0 fully saturated rings. The monoisotopic (exact) mass is 377 g/mol. The van der Waals surface area contributed by atoms with E-state index in [1.807, 2.05) is 73.7 Å². The number of rotatable bonds is 9. The Balaban J connectivity index is 1.43. The molecule has 1 amide bonds. The average molecular weight is 377 g/mol. The van der Waals surface area contributed by atoms with Crippen molar-refractivity contribution in [1.82, 2.24) is 0 Å². The van der Waals surface area contributed by atoms with Crippen LogP contribution < -0.4 is 19.5 Å². The average Bonchev–Trinajstić information content (AvgIpc) is 2.72. The molecule has 5 heteroatoms. The van der Waals surface area contributed by atoms with Crippen molar-refractivity contribution in [3.05, 3.63) is 84.4 Å². The number of hydrogen-bond donors (Lipinski definition) is 1. The van der Waals surface area contributed by atoms with E-state index in [-0.39, 0.29) is 12.5 Å². The van der Waals surface area contributed by atoms with Crippen LogP contribution in [0.25, 0.3) is 0 Å². The van der Waals surface area contributed by atoms with Crippen LogP contribution >= 0.6 is 0 Å². The summed E-state index contributed by atoms with van der Waals surface area (Å²) in [7, 11) is 0. The summed E-state index contributed by atoms with van der Waals surface area (Å²) in [5, 5.41) is 2.81. The number of benzene rings is 3. The number of para-hydroxylation sites is 2. The Morgan fingerprint density at radius 3 is 2.25 bits per heavy atom. The van der Waals surface area contributed by atoms with Crippen molar-refractivity contribution in [2.75, 3.05) is 25.1 Å². The molecule has 0 saturated heterocycles. The second-order valence-corrected chi connectivity index (χ2v) is 6.14. The van der Waals surface area contributed by atoms with Crippen molar-refractivity contribution in [3.63, 3.8) is 0 Å². The van der Waals surface area contributed by atoms with Crippen molar-refractivity contribution >= 4 is 11.6 Å². The standard InChI is InChI=1S/C23H23NO4/c1-18-8-5-6-13-22(18)28-17-23(25)24-19-9-7-12-21(16-19)27-15-14-26-20-10-3-2-4-11-20/h2-13,16H,14-15,17H2,1H3,(H,24,25). The predicted octanol–water partition coefficient (Wildman–Crippen LogP) is 4.47. The SMILES string of the molecule is Cc1ccccc1OCC(=O)Nc1cccc(OCCOc2ccccc2)c1. The van der Waals surface area contributed by atoms with Crippen LogP contribution in [0.3, 0.4) is 0 Å². The molecule has 0 spiro atoms. The number of anilines is 1. The largest absolute Gasteiger partial charge is 0.490 e. The van der Waals surface area contributed by atoms with E-state index in [0.29, 0.717) is 30.4 Å². The number of aryl methyl sites for hydroxylation is 1. The molecule has 0 aliphatic rings. The molecule has 0 radical (unpaired) electrons. The van der Waals surface area contributed by atoms with Crippen LogP contribution in [-0.4, -0.2) is 25.7 Å². The van der Waals surface area contributed by atoms with E-state index in [2.05, 4.69) is 5.32 Å². The maximum Gasteiger partial charge on any atom is 0.262 e. The molecule has 0 unspecified atom stereocenters. The van der Waals surface area contributed by atoms with Crippen LogP contribution in [0.4, 0.5) is 5.69 Å². The normalized spacial score (nSPS) is 10.2. The summed E-state index contributed by atoms with van der Waals surface area (Å²) in [6.45, 7) is 2.73. The van der Waals surface area contributed by atoms with Gasteiger partial charge >= 0.3 is 0 Å². The molecule has 5 nitrogen and oxygen atoms in total. The van der Waals surface area contributed by atoms with Gasteiger partial charge in [-0.3, -0.25) is 4.79 Å². The van der Waals surface area contributed by atoms with Gasteiger partial charge in [-0.15, -0.1) is 0 Å². The fourth-order valence-corrected chi connectivity index (χ4v) is 2.56. The Kier molecular flexibility index (Phi) is 6.90. The van der Waals surface area contributed by atoms with E-state index in [0.717, 1.165) is 11.3 Å². The highest BCUT2D eigenvalue weighted by molar-refractivity contribution is 5.92. The van der Waals surface area contributed by atoms with Crippen molar-refractivity contribution in [2.24, 2.45) is 0 Å². The molecule has 0 saturated carbocycles. The van der Waals surface area contributed by atoms with Gasteiger partial charge in [0.05, 0.1) is 0 Å². The lowest BCUT2D eigenvalue weighted by Crippen LogP contribution is -2.20. The highest BCUT2D eigenvalue weighted by atomic mass is 16.5. The minimum atomic E-state index is -0.229. The van der Waals surface area contributed by atoms with Crippen LogP contribution in [0.5, 0.6) is 17.2 Å². The van der Waals surface area contributed by atoms with Crippen LogP contribution in [-0.2, 0) is 4.79 Å². The first-order valence-electron chi connectivity index (χ1n) is 9.10. The van der Waals surface area contributed by atoms with Gasteiger partial charge in [-0.05, 0) is 42.8 Å². The summed E-state index contributed by atoms with van der Waals surface area (Å²) in [5.74, 6) is 1.94. The fourth-order valence-electron chi connectivity index (χ4n) is 2.56. The van der Waals surface area contributed by atoms with E-state index < -0.39 is 0 Å². The second-order valence-electron chi connectivity index (χ2n) is 6.14. The molecular weight excluding hydrogens is 354 g/mol. The molecular formula is C23H23NO4. The highest BCUT2D eigenvalue weighted by Crippen LogP contribution is 2.19. The van der Waals surface area contributed by atoms with Gasteiger partial charge in [-0.25, -0.2) is 0 Å². The molecule has 3 rings (SSSR count). The smallest absolute Gasteiger partial charge is 0.262 e. The van der Waals surface area contributed by atoms with Crippen LogP contribution in [0.1, 0.15) is 5.56 Å². The number of ether oxygens (including phenoxy) is 3. The Morgan fingerprint density at radius 2 is 1.46 bits per heavy atom. The van der Waals surface area contributed by atoms with Crippen LogP contribution in [0.2, 0.25) is 0 Å². The summed E-state index contributed by atoms with van der Waals surface area (Å²) >= 11 is 0. The molecule has 0 aliphatic heterocycles. The first-order valence-corrected chi connectivity index (χ1v) is 9.10. The first kappa shape index (κ1) is 19.3. The van der Waals surface area contributed by atoms with Gasteiger partial charge in [0.25, 0.3) is 5.91 Å². The number of nitrogens with one attached hydrogen (secondary N) is 1. The third-order valence-electron chi connectivity index (χ3n) is 3.93. The molecule has 28 heavy (non-hydrogen) atoms. The topological polar surface area (TPSA) is 56.8 Å². The van der Waals surface area contributed by atoms with E-state index in [1.165, 1.54) is 0 Å². The van der Waals surface area contributed by atoms with E-state index in [4.69, 9.17) is 14.2 Å². The minimum Gasteiger partial charge on any atom is -0.490 e. The zero-order chi connectivity index (χ0) is 19.6. The quantitative estimate of drug-likeness (QED) is 0.559. The van der Waals surface area contributed by atoms with Crippen LogP contribution in [0.15, 0.2) is 78.9 Å². The zero-order valence-electron chi connectivity index (χ0n) is 15.8. The first-order chi connectivity index (χ1) is 13.7. The van der Waals surface area contributed by atoms with Gasteiger partial charge in [0, 0.05) is 11.8 Å². The molecule has 144 valence electrons. The number of amides is 1. The number of carbonyl (C=O) groups excluding carboxylic acids is 1. The molecule has 0 aromatic heterocycles. The molecule has 0 heterocycles. The second kappa shape index (κ2) is 10.0. The maximum absolute atomic E-state index is 12.1. The van der Waals surface area contributed by atoms with E-state index in [9.17, 15) is 4.79 Å². The van der Waals surface area contributed by atoms with Crippen LogP contribution in [0, 0.1) is 6.92 Å². The molecule has 1 N–H and O–H groups in total. The van der Waals surface area contributed by atoms with E-state index in [1.54, 1.807) is 12.1 Å². The van der Waals surface area contributed by atoms with Crippen molar-refractivity contribution in [2.45, 2.75) is 6.92 Å². The maximum atomic E-state index is 12.1. The molecule has 0 aliphatic carbocycles. The fraction of sp³-hybridized carbons (Fsp3) is 0.174. The van der Waals surface area contributed by atoms with Crippen molar-refractivity contribution < 1.29 is 19.0 Å². The van der Waals surface area contributed by atoms with Gasteiger partial charge in [-0.1, -0.05) is 42.5 Å². The zero-order valence-corrected chi connectivity index (χ0v) is 15.8. The summed E-state index contributed by atoms with van der Waals surface area (Å²) in [6, 6.07) is 24.4. The Hall–Kier alpha value is -3.47. The predicted molar refractivity (Wildman–Crippen MR) is 109 cm³/mol. The lowest BCUT2D eigenvalue weighted by Gasteiger charge is -2.11. The van der Waals surface area contributed by atoms with Crippen molar-refractivity contribution in [3.8, 4) is 17.2 Å². The highest BCUT2D eigenvalue weighted by Gasteiger charge is 2.06.